The molecule has 6 nitrogen and oxygen atoms in total. The number of carboxylic acid groups (broad SMARTS) is 1. The molecule has 1 fully saturated rings. The number of hydrogen-bond donors (Lipinski definition) is 1. The van der Waals surface area contributed by atoms with Crippen LogP contribution in [0.3, 0.4) is 0 Å². The van der Waals surface area contributed by atoms with Crippen molar-refractivity contribution in [2.75, 3.05) is 6.54 Å². The highest BCUT2D eigenvalue weighted by atomic mass is 35.5. The van der Waals surface area contributed by atoms with E-state index in [1.54, 1.807) is 17.7 Å². The van der Waals surface area contributed by atoms with Gasteiger partial charge in [-0.15, -0.1) is 0 Å². The smallest absolute Gasteiger partial charge is 0.326 e. The number of benzene rings is 1. The van der Waals surface area contributed by atoms with Gasteiger partial charge in [-0.25, -0.2) is 9.48 Å². The third kappa shape index (κ3) is 2.70. The van der Waals surface area contributed by atoms with Crippen molar-refractivity contribution in [3.05, 3.63) is 46.7 Å². The molecule has 0 unspecified atom stereocenters. The van der Waals surface area contributed by atoms with Crippen molar-refractivity contribution in [3.8, 4) is 5.69 Å². The van der Waals surface area contributed by atoms with E-state index < -0.39 is 12.0 Å². The van der Waals surface area contributed by atoms with E-state index in [4.69, 9.17) is 11.6 Å². The minimum atomic E-state index is -0.966. The van der Waals surface area contributed by atoms with Gasteiger partial charge in [-0.1, -0.05) is 23.7 Å². The van der Waals surface area contributed by atoms with E-state index in [0.29, 0.717) is 41.4 Å². The number of para-hydroxylation sites is 1. The Morgan fingerprint density at radius 1 is 1.35 bits per heavy atom. The molecule has 1 N–H and O–H groups in total. The van der Waals surface area contributed by atoms with Crippen LogP contribution in [0.15, 0.2) is 30.5 Å². The van der Waals surface area contributed by atoms with Crippen LogP contribution in [0.1, 0.15) is 28.9 Å². The lowest BCUT2D eigenvalue weighted by molar-refractivity contribution is -0.141. The molecule has 0 bridgehead atoms. The van der Waals surface area contributed by atoms with Crippen LogP contribution in [-0.2, 0) is 4.79 Å². The first-order valence-corrected chi connectivity index (χ1v) is 7.72. The number of carboxylic acids is 1. The van der Waals surface area contributed by atoms with E-state index in [9.17, 15) is 14.7 Å². The van der Waals surface area contributed by atoms with Crippen LogP contribution in [0.4, 0.5) is 0 Å². The van der Waals surface area contributed by atoms with Crippen LogP contribution < -0.4 is 0 Å². The van der Waals surface area contributed by atoms with Crippen molar-refractivity contribution >= 4 is 23.5 Å². The summed E-state index contributed by atoms with van der Waals surface area (Å²) in [5.74, 6) is -1.27. The van der Waals surface area contributed by atoms with Crippen LogP contribution >= 0.6 is 11.6 Å². The molecule has 1 aromatic carbocycles. The average Bonchev–Trinajstić information content (AvgIpc) is 3.14. The summed E-state index contributed by atoms with van der Waals surface area (Å²) in [5.41, 5.74) is 1.72. The van der Waals surface area contributed by atoms with Crippen molar-refractivity contribution in [1.82, 2.24) is 14.7 Å². The number of nitrogens with zero attached hydrogens (tertiary/aromatic N) is 3. The number of carbonyl (C=O) groups is 2. The zero-order valence-corrected chi connectivity index (χ0v) is 13.3. The first-order valence-electron chi connectivity index (χ1n) is 7.34. The van der Waals surface area contributed by atoms with Crippen LogP contribution in [0, 0.1) is 6.92 Å². The lowest BCUT2D eigenvalue weighted by Crippen LogP contribution is -2.40. The molecule has 1 aliphatic rings. The molecule has 0 saturated carbocycles. The highest BCUT2D eigenvalue weighted by molar-refractivity contribution is 6.32. The van der Waals surface area contributed by atoms with E-state index in [1.165, 1.54) is 11.1 Å². The molecule has 1 aliphatic heterocycles. The Morgan fingerprint density at radius 2 is 2.09 bits per heavy atom. The molecule has 7 heteroatoms. The van der Waals surface area contributed by atoms with E-state index in [-0.39, 0.29) is 5.91 Å². The molecule has 2 heterocycles. The fourth-order valence-corrected chi connectivity index (χ4v) is 3.12. The summed E-state index contributed by atoms with van der Waals surface area (Å²) in [6, 6.07) is 6.46. The zero-order chi connectivity index (χ0) is 16.6. The lowest BCUT2D eigenvalue weighted by atomic mass is 10.2. The molecule has 3 rings (SSSR count). The number of likely N-dealkylation sites (tertiary alicyclic amines) is 1. The standard InChI is InChI=1S/C16H16ClN3O3/c1-10-11(15(21)19-8-4-7-14(19)16(22)23)9-18-20(10)13-6-3-2-5-12(13)17/h2-3,5-6,9,14H,4,7-8H2,1H3,(H,22,23)/t14-/m1/s1. The number of halogens is 1. The minimum Gasteiger partial charge on any atom is -0.480 e. The summed E-state index contributed by atoms with van der Waals surface area (Å²) in [6.45, 7) is 2.22. The second kappa shape index (κ2) is 6.04. The predicted octanol–water partition coefficient (Wildman–Crippen LogP) is 2.52. The van der Waals surface area contributed by atoms with Crippen molar-refractivity contribution in [2.24, 2.45) is 0 Å². The Kier molecular flexibility index (Phi) is 4.09. The first-order chi connectivity index (χ1) is 11.0. The van der Waals surface area contributed by atoms with E-state index in [1.807, 2.05) is 18.2 Å². The maximum atomic E-state index is 12.7. The van der Waals surface area contributed by atoms with Gasteiger partial charge in [0.25, 0.3) is 5.91 Å². The average molecular weight is 334 g/mol. The Balaban J connectivity index is 1.95. The number of carbonyl (C=O) groups excluding carboxylic acids is 1. The van der Waals surface area contributed by atoms with Crippen molar-refractivity contribution in [1.29, 1.82) is 0 Å². The topological polar surface area (TPSA) is 75.4 Å². The lowest BCUT2D eigenvalue weighted by Gasteiger charge is -2.21. The summed E-state index contributed by atoms with van der Waals surface area (Å²) in [6.07, 6.45) is 2.65. The van der Waals surface area contributed by atoms with Gasteiger partial charge < -0.3 is 10.0 Å². The Labute approximate surface area is 138 Å². The van der Waals surface area contributed by atoms with Gasteiger partial charge in [-0.05, 0) is 31.9 Å². The van der Waals surface area contributed by atoms with E-state index in [0.717, 1.165) is 0 Å². The summed E-state index contributed by atoms with van der Waals surface area (Å²) >= 11 is 6.18. The maximum absolute atomic E-state index is 12.7. The molecular formula is C16H16ClN3O3. The third-order valence-corrected chi connectivity index (χ3v) is 4.44. The van der Waals surface area contributed by atoms with Crippen molar-refractivity contribution < 1.29 is 14.7 Å². The van der Waals surface area contributed by atoms with Crippen LogP contribution in [0.5, 0.6) is 0 Å². The van der Waals surface area contributed by atoms with Crippen molar-refractivity contribution in [2.45, 2.75) is 25.8 Å². The largest absolute Gasteiger partial charge is 0.480 e. The highest BCUT2D eigenvalue weighted by Crippen LogP contribution is 2.25. The van der Waals surface area contributed by atoms with Crippen molar-refractivity contribution in [3.63, 3.8) is 0 Å². The number of aromatic nitrogens is 2. The molecular weight excluding hydrogens is 318 g/mol. The predicted molar refractivity (Wildman–Crippen MR) is 85.0 cm³/mol. The normalized spacial score (nSPS) is 17.5. The van der Waals surface area contributed by atoms with Gasteiger partial charge in [0.05, 0.1) is 28.2 Å². The number of amides is 1. The van der Waals surface area contributed by atoms with E-state index >= 15 is 0 Å². The zero-order valence-electron chi connectivity index (χ0n) is 12.6. The minimum absolute atomic E-state index is 0.300. The Hall–Kier alpha value is -2.34. The quantitative estimate of drug-likeness (QED) is 0.936. The SMILES string of the molecule is Cc1c(C(=O)N2CCC[C@@H]2C(=O)O)cnn1-c1ccccc1Cl. The Bertz CT molecular complexity index is 772. The van der Waals surface area contributed by atoms with Crippen LogP contribution in [0.2, 0.25) is 5.02 Å². The monoisotopic (exact) mass is 333 g/mol. The van der Waals surface area contributed by atoms with Gasteiger partial charge in [0.15, 0.2) is 0 Å². The number of hydrogen-bond acceptors (Lipinski definition) is 3. The molecule has 1 amide bonds. The second-order valence-corrected chi connectivity index (χ2v) is 5.91. The first kappa shape index (κ1) is 15.6. The van der Waals surface area contributed by atoms with Gasteiger partial charge >= 0.3 is 5.97 Å². The molecule has 1 aromatic heterocycles. The fourth-order valence-electron chi connectivity index (χ4n) is 2.91. The molecule has 1 atom stereocenters. The fraction of sp³-hybridized carbons (Fsp3) is 0.312. The molecule has 0 radical (unpaired) electrons. The second-order valence-electron chi connectivity index (χ2n) is 5.50. The van der Waals surface area contributed by atoms with Crippen LogP contribution in [-0.4, -0.2) is 44.3 Å². The molecule has 2 aromatic rings. The molecule has 0 aliphatic carbocycles. The molecule has 120 valence electrons. The summed E-state index contributed by atoms with van der Waals surface area (Å²) in [7, 11) is 0. The summed E-state index contributed by atoms with van der Waals surface area (Å²) in [5, 5.41) is 14.0. The maximum Gasteiger partial charge on any atom is 0.326 e. The summed E-state index contributed by atoms with van der Waals surface area (Å²) in [4.78, 5) is 25.4. The molecule has 0 spiro atoms. The number of rotatable bonds is 3. The van der Waals surface area contributed by atoms with Crippen LogP contribution in [0.25, 0.3) is 5.69 Å². The van der Waals surface area contributed by atoms with Gasteiger partial charge in [0, 0.05) is 6.54 Å². The number of aliphatic carboxylic acids is 1. The van der Waals surface area contributed by atoms with E-state index in [2.05, 4.69) is 5.10 Å². The third-order valence-electron chi connectivity index (χ3n) is 4.12. The summed E-state index contributed by atoms with van der Waals surface area (Å²) < 4.78 is 1.60. The Morgan fingerprint density at radius 3 is 2.78 bits per heavy atom. The van der Waals surface area contributed by atoms with Gasteiger partial charge in [-0.3, -0.25) is 4.79 Å². The van der Waals surface area contributed by atoms with Gasteiger partial charge in [0.2, 0.25) is 0 Å². The van der Waals surface area contributed by atoms with Gasteiger partial charge in [-0.2, -0.15) is 5.10 Å². The molecule has 1 saturated heterocycles. The highest BCUT2D eigenvalue weighted by Gasteiger charge is 2.35. The van der Waals surface area contributed by atoms with Gasteiger partial charge in [0.1, 0.15) is 6.04 Å². The molecule has 23 heavy (non-hydrogen) atoms.